The topological polar surface area (TPSA) is 55.7 Å². The smallest absolute Gasteiger partial charge is 0.252 e. The van der Waals surface area contributed by atoms with Crippen LogP contribution < -0.4 is 0 Å². The molecular formula is C12H23NO3S. The minimum absolute atomic E-state index is 0.198. The minimum atomic E-state index is -3.69. The molecule has 0 aliphatic carbocycles. The van der Waals surface area contributed by atoms with Crippen molar-refractivity contribution in [1.82, 2.24) is 0 Å². The van der Waals surface area contributed by atoms with E-state index in [2.05, 4.69) is 18.2 Å². The van der Waals surface area contributed by atoms with E-state index >= 15 is 0 Å². The third-order valence-electron chi connectivity index (χ3n) is 3.25. The molecule has 0 aromatic carbocycles. The van der Waals surface area contributed by atoms with Crippen molar-refractivity contribution in [3.63, 3.8) is 0 Å². The molecule has 0 aromatic heterocycles. The molecule has 100 valence electrons. The molecule has 0 saturated carbocycles. The van der Waals surface area contributed by atoms with Gasteiger partial charge in [0.05, 0.1) is 6.61 Å². The molecule has 0 N–H and O–H groups in total. The zero-order chi connectivity index (χ0) is 12.9. The van der Waals surface area contributed by atoms with E-state index in [4.69, 9.17) is 4.18 Å². The van der Waals surface area contributed by atoms with Crippen molar-refractivity contribution in [2.75, 3.05) is 6.61 Å². The molecule has 0 amide bonds. The summed E-state index contributed by atoms with van der Waals surface area (Å²) < 4.78 is 31.5. The van der Waals surface area contributed by atoms with E-state index in [-0.39, 0.29) is 18.4 Å². The third kappa shape index (κ3) is 4.76. The Labute approximate surface area is 105 Å². The lowest BCUT2D eigenvalue weighted by Crippen LogP contribution is -2.20. The van der Waals surface area contributed by atoms with Crippen LogP contribution in [0.25, 0.3) is 0 Å². The van der Waals surface area contributed by atoms with Crippen LogP contribution >= 0.6 is 0 Å². The highest BCUT2D eigenvalue weighted by Gasteiger charge is 2.25. The lowest BCUT2D eigenvalue weighted by molar-refractivity contribution is 0.307. The van der Waals surface area contributed by atoms with E-state index < -0.39 is 10.3 Å². The van der Waals surface area contributed by atoms with Gasteiger partial charge in [-0.3, -0.25) is 4.18 Å². The number of hydrogen-bond acceptors (Lipinski definition) is 3. The molecule has 17 heavy (non-hydrogen) atoms. The molecule has 0 bridgehead atoms. The molecule has 1 rings (SSSR count). The number of rotatable bonds is 5. The predicted molar refractivity (Wildman–Crippen MR) is 69.4 cm³/mol. The van der Waals surface area contributed by atoms with Crippen LogP contribution in [-0.4, -0.2) is 20.7 Å². The fraction of sp³-hybridized carbons (Fsp3) is 0.917. The van der Waals surface area contributed by atoms with Gasteiger partial charge in [0.2, 0.25) is 0 Å². The van der Waals surface area contributed by atoms with Gasteiger partial charge in [-0.05, 0) is 24.7 Å². The SMILES string of the molecule is CCCCC[C@H](C)C1=NS(=O)(=O)OCC[C@@H]1C. The van der Waals surface area contributed by atoms with Crippen molar-refractivity contribution in [3.8, 4) is 0 Å². The quantitative estimate of drug-likeness (QED) is 0.715. The van der Waals surface area contributed by atoms with Gasteiger partial charge in [0, 0.05) is 5.71 Å². The van der Waals surface area contributed by atoms with E-state index in [1.807, 2.05) is 6.92 Å². The van der Waals surface area contributed by atoms with Gasteiger partial charge >= 0.3 is 10.3 Å². The first-order valence-corrected chi connectivity index (χ1v) is 7.82. The molecule has 0 saturated heterocycles. The van der Waals surface area contributed by atoms with Gasteiger partial charge in [-0.1, -0.05) is 40.0 Å². The Hall–Kier alpha value is -0.420. The molecule has 0 fully saturated rings. The average molecular weight is 261 g/mol. The summed E-state index contributed by atoms with van der Waals surface area (Å²) >= 11 is 0. The van der Waals surface area contributed by atoms with E-state index in [1.165, 1.54) is 12.8 Å². The van der Waals surface area contributed by atoms with Gasteiger partial charge in [-0.2, -0.15) is 8.42 Å². The maximum atomic E-state index is 11.5. The summed E-state index contributed by atoms with van der Waals surface area (Å²) in [6.45, 7) is 6.50. The standard InChI is InChI=1S/C12H23NO3S/c1-4-5-6-7-10(2)12-11(3)8-9-16-17(14,15)13-12/h10-11H,4-9H2,1-3H3/t10-,11-/m0/s1. The van der Waals surface area contributed by atoms with Crippen molar-refractivity contribution in [2.45, 2.75) is 52.9 Å². The number of nitrogens with zero attached hydrogens (tertiary/aromatic N) is 1. The fourth-order valence-corrected chi connectivity index (χ4v) is 3.13. The predicted octanol–water partition coefficient (Wildman–Crippen LogP) is 2.95. The summed E-state index contributed by atoms with van der Waals surface area (Å²) in [4.78, 5) is 0. The van der Waals surface area contributed by atoms with Gasteiger partial charge in [0.25, 0.3) is 0 Å². The molecule has 1 aliphatic heterocycles. The van der Waals surface area contributed by atoms with Gasteiger partial charge in [-0.25, -0.2) is 0 Å². The summed E-state index contributed by atoms with van der Waals surface area (Å²) in [6, 6.07) is 0. The highest BCUT2D eigenvalue weighted by molar-refractivity contribution is 7.85. The van der Waals surface area contributed by atoms with Crippen LogP contribution in [0.15, 0.2) is 4.40 Å². The number of unbranched alkanes of at least 4 members (excludes halogenated alkanes) is 2. The maximum Gasteiger partial charge on any atom is 0.380 e. The fourth-order valence-electron chi connectivity index (χ4n) is 2.15. The Bertz CT molecular complexity index is 362. The molecule has 0 unspecified atom stereocenters. The molecule has 1 heterocycles. The highest BCUT2D eigenvalue weighted by Crippen LogP contribution is 2.22. The Morgan fingerprint density at radius 2 is 2.18 bits per heavy atom. The largest absolute Gasteiger partial charge is 0.380 e. The first-order chi connectivity index (χ1) is 7.96. The van der Waals surface area contributed by atoms with Crippen molar-refractivity contribution < 1.29 is 12.6 Å². The lowest BCUT2D eigenvalue weighted by Gasteiger charge is -2.17. The van der Waals surface area contributed by atoms with E-state index in [0.29, 0.717) is 0 Å². The third-order valence-corrected chi connectivity index (χ3v) is 4.15. The van der Waals surface area contributed by atoms with Crippen LogP contribution in [0, 0.1) is 11.8 Å². The molecular weight excluding hydrogens is 238 g/mol. The second-order valence-corrected chi connectivity index (χ2v) is 6.13. The van der Waals surface area contributed by atoms with Crippen LogP contribution in [0.1, 0.15) is 52.9 Å². The summed E-state index contributed by atoms with van der Waals surface area (Å²) in [7, 11) is -3.69. The Balaban J connectivity index is 2.73. The van der Waals surface area contributed by atoms with Crippen molar-refractivity contribution in [1.29, 1.82) is 0 Å². The Morgan fingerprint density at radius 3 is 2.82 bits per heavy atom. The van der Waals surface area contributed by atoms with Crippen molar-refractivity contribution >= 4 is 16.0 Å². The number of hydrogen-bond donors (Lipinski definition) is 0. The molecule has 0 aromatic rings. The van der Waals surface area contributed by atoms with Gasteiger partial charge < -0.3 is 0 Å². The zero-order valence-electron chi connectivity index (χ0n) is 11.0. The van der Waals surface area contributed by atoms with Crippen molar-refractivity contribution in [2.24, 2.45) is 16.2 Å². The first-order valence-electron chi connectivity index (χ1n) is 6.45. The summed E-state index contributed by atoms with van der Waals surface area (Å²) in [5.41, 5.74) is 0.790. The first kappa shape index (κ1) is 14.6. The second-order valence-electron chi connectivity index (χ2n) is 4.85. The van der Waals surface area contributed by atoms with E-state index in [0.717, 1.165) is 25.0 Å². The van der Waals surface area contributed by atoms with Crippen LogP contribution in [0.3, 0.4) is 0 Å². The van der Waals surface area contributed by atoms with Gasteiger partial charge in [0.15, 0.2) is 0 Å². The van der Waals surface area contributed by atoms with Crippen LogP contribution in [0.4, 0.5) is 0 Å². The van der Waals surface area contributed by atoms with Crippen LogP contribution in [-0.2, 0) is 14.5 Å². The van der Waals surface area contributed by atoms with Gasteiger partial charge in [-0.15, -0.1) is 4.40 Å². The molecule has 0 radical (unpaired) electrons. The molecule has 4 nitrogen and oxygen atoms in total. The van der Waals surface area contributed by atoms with E-state index in [1.54, 1.807) is 0 Å². The Kier molecular flexibility index (Phi) is 5.59. The normalized spacial score (nSPS) is 26.1. The summed E-state index contributed by atoms with van der Waals surface area (Å²) in [6.07, 6.45) is 5.23. The van der Waals surface area contributed by atoms with Gasteiger partial charge in [0.1, 0.15) is 0 Å². The molecule has 0 spiro atoms. The highest BCUT2D eigenvalue weighted by atomic mass is 32.2. The molecule has 1 aliphatic rings. The Morgan fingerprint density at radius 1 is 1.47 bits per heavy atom. The summed E-state index contributed by atoms with van der Waals surface area (Å²) in [5.74, 6) is 0.428. The van der Waals surface area contributed by atoms with Crippen LogP contribution in [0.5, 0.6) is 0 Å². The monoisotopic (exact) mass is 261 g/mol. The average Bonchev–Trinajstić information content (AvgIpc) is 2.38. The zero-order valence-corrected chi connectivity index (χ0v) is 11.8. The van der Waals surface area contributed by atoms with E-state index in [9.17, 15) is 8.42 Å². The lowest BCUT2D eigenvalue weighted by atomic mass is 9.89. The summed E-state index contributed by atoms with van der Waals surface area (Å²) in [5, 5.41) is 0. The minimum Gasteiger partial charge on any atom is -0.252 e. The van der Waals surface area contributed by atoms with Crippen molar-refractivity contribution in [3.05, 3.63) is 0 Å². The van der Waals surface area contributed by atoms with Crippen LogP contribution in [0.2, 0.25) is 0 Å². The second kappa shape index (κ2) is 6.50. The molecule has 2 atom stereocenters. The molecule has 5 heteroatoms. The maximum absolute atomic E-state index is 11.5.